The van der Waals surface area contributed by atoms with E-state index < -0.39 is 11.9 Å². The summed E-state index contributed by atoms with van der Waals surface area (Å²) in [6, 6.07) is 5.89. The van der Waals surface area contributed by atoms with Gasteiger partial charge in [-0.2, -0.15) is 0 Å². The Morgan fingerprint density at radius 2 is 2.05 bits per heavy atom. The number of benzene rings is 1. The average Bonchev–Trinajstić information content (AvgIpc) is 3.06. The van der Waals surface area contributed by atoms with E-state index in [2.05, 4.69) is 6.07 Å². The van der Waals surface area contributed by atoms with E-state index in [0.29, 0.717) is 19.5 Å². The molecule has 1 fully saturated rings. The molecule has 1 saturated heterocycles. The standard InChI is InChI=1S/C15H17NO3.ClH/c17-14(16-8-7-11(9-16)15(18)19)13-6-2-4-10-3-1-5-12(10)13;/h2,4,6,11H,1,3,5,7-9H2,(H,18,19);1H. The summed E-state index contributed by atoms with van der Waals surface area (Å²) in [7, 11) is 0. The molecule has 108 valence electrons. The number of aliphatic carboxylic acids is 1. The molecule has 20 heavy (non-hydrogen) atoms. The SMILES string of the molecule is Cl.O=C(O)C1CCN(C(=O)c2cccc3c2CCC3)C1. The summed E-state index contributed by atoms with van der Waals surface area (Å²) in [6.07, 6.45) is 3.69. The smallest absolute Gasteiger partial charge is 0.308 e. The highest BCUT2D eigenvalue weighted by molar-refractivity contribution is 5.96. The molecule has 0 aromatic heterocycles. The first-order valence-corrected chi connectivity index (χ1v) is 6.79. The number of hydrogen-bond donors (Lipinski definition) is 1. The van der Waals surface area contributed by atoms with Gasteiger partial charge in [-0.05, 0) is 42.9 Å². The second kappa shape index (κ2) is 5.83. The molecule has 1 aromatic rings. The van der Waals surface area contributed by atoms with Crippen LogP contribution in [0.25, 0.3) is 0 Å². The number of nitrogens with zero attached hydrogens (tertiary/aromatic N) is 1. The number of likely N-dealkylation sites (tertiary alicyclic amines) is 1. The molecule has 0 radical (unpaired) electrons. The van der Waals surface area contributed by atoms with Gasteiger partial charge in [-0.1, -0.05) is 12.1 Å². The van der Waals surface area contributed by atoms with Crippen molar-refractivity contribution in [1.82, 2.24) is 4.90 Å². The van der Waals surface area contributed by atoms with E-state index in [1.165, 1.54) is 11.1 Å². The molecule has 1 N–H and O–H groups in total. The van der Waals surface area contributed by atoms with Crippen LogP contribution in [0.3, 0.4) is 0 Å². The van der Waals surface area contributed by atoms with Gasteiger partial charge in [-0.3, -0.25) is 9.59 Å². The topological polar surface area (TPSA) is 57.6 Å². The van der Waals surface area contributed by atoms with Gasteiger partial charge in [0.25, 0.3) is 5.91 Å². The predicted octanol–water partition coefficient (Wildman–Crippen LogP) is 2.14. The van der Waals surface area contributed by atoms with E-state index in [1.807, 2.05) is 12.1 Å². The Balaban J connectivity index is 0.00000147. The molecule has 3 rings (SSSR count). The summed E-state index contributed by atoms with van der Waals surface area (Å²) in [5.41, 5.74) is 3.23. The fourth-order valence-corrected chi connectivity index (χ4v) is 3.14. The molecule has 4 nitrogen and oxygen atoms in total. The summed E-state index contributed by atoms with van der Waals surface area (Å²) in [5, 5.41) is 9.00. The Morgan fingerprint density at radius 1 is 1.25 bits per heavy atom. The number of carbonyl (C=O) groups excluding carboxylic acids is 1. The molecule has 0 saturated carbocycles. The Kier molecular flexibility index (Phi) is 4.33. The zero-order valence-corrected chi connectivity index (χ0v) is 12.0. The van der Waals surface area contributed by atoms with Crippen LogP contribution in [0.5, 0.6) is 0 Å². The number of fused-ring (bicyclic) bond motifs is 1. The van der Waals surface area contributed by atoms with E-state index in [0.717, 1.165) is 24.8 Å². The first-order chi connectivity index (χ1) is 9.16. The van der Waals surface area contributed by atoms with Crippen molar-refractivity contribution in [3.05, 3.63) is 34.9 Å². The molecule has 0 spiro atoms. The van der Waals surface area contributed by atoms with Crippen LogP contribution in [-0.4, -0.2) is 35.0 Å². The maximum Gasteiger partial charge on any atom is 0.308 e. The molecule has 1 atom stereocenters. The van der Waals surface area contributed by atoms with Crippen molar-refractivity contribution < 1.29 is 14.7 Å². The largest absolute Gasteiger partial charge is 0.481 e. The molecule has 1 amide bonds. The highest BCUT2D eigenvalue weighted by Crippen LogP contribution is 2.27. The number of amides is 1. The molecule has 1 aromatic carbocycles. The molecule has 1 heterocycles. The van der Waals surface area contributed by atoms with E-state index in [-0.39, 0.29) is 18.3 Å². The van der Waals surface area contributed by atoms with Gasteiger partial charge in [0.2, 0.25) is 0 Å². The first-order valence-electron chi connectivity index (χ1n) is 6.79. The summed E-state index contributed by atoms with van der Waals surface area (Å²) in [5.74, 6) is -1.20. The monoisotopic (exact) mass is 295 g/mol. The van der Waals surface area contributed by atoms with Crippen LogP contribution in [0.1, 0.15) is 34.3 Å². The molecule has 5 heteroatoms. The number of carbonyl (C=O) groups is 2. The normalized spacial score (nSPS) is 20.4. The van der Waals surface area contributed by atoms with Gasteiger partial charge < -0.3 is 10.0 Å². The maximum atomic E-state index is 12.5. The fraction of sp³-hybridized carbons (Fsp3) is 0.467. The molecule has 1 unspecified atom stereocenters. The summed E-state index contributed by atoms with van der Waals surface area (Å²) in [6.45, 7) is 0.900. The maximum absolute atomic E-state index is 12.5. The molecule has 0 bridgehead atoms. The second-order valence-electron chi connectivity index (χ2n) is 5.37. The fourth-order valence-electron chi connectivity index (χ4n) is 3.14. The van der Waals surface area contributed by atoms with Crippen molar-refractivity contribution in [3.8, 4) is 0 Å². The minimum atomic E-state index is -0.798. The van der Waals surface area contributed by atoms with Crippen LogP contribution in [-0.2, 0) is 17.6 Å². The zero-order valence-electron chi connectivity index (χ0n) is 11.2. The predicted molar refractivity (Wildman–Crippen MR) is 77.4 cm³/mol. The minimum absolute atomic E-state index is 0. The zero-order chi connectivity index (χ0) is 13.4. The number of carboxylic acid groups (broad SMARTS) is 1. The molecule has 1 aliphatic carbocycles. The number of carboxylic acids is 1. The van der Waals surface area contributed by atoms with Crippen LogP contribution < -0.4 is 0 Å². The molecular weight excluding hydrogens is 278 g/mol. The minimum Gasteiger partial charge on any atom is -0.481 e. The van der Waals surface area contributed by atoms with Gasteiger partial charge in [0, 0.05) is 18.7 Å². The van der Waals surface area contributed by atoms with E-state index in [9.17, 15) is 9.59 Å². The van der Waals surface area contributed by atoms with Gasteiger partial charge in [-0.15, -0.1) is 12.4 Å². The van der Waals surface area contributed by atoms with Crippen molar-refractivity contribution in [3.63, 3.8) is 0 Å². The number of halogens is 1. The number of hydrogen-bond acceptors (Lipinski definition) is 2. The lowest BCUT2D eigenvalue weighted by molar-refractivity contribution is -0.141. The molecule has 1 aliphatic heterocycles. The third-order valence-electron chi connectivity index (χ3n) is 4.20. The van der Waals surface area contributed by atoms with Gasteiger partial charge in [0.1, 0.15) is 0 Å². The number of aryl methyl sites for hydroxylation is 1. The summed E-state index contributed by atoms with van der Waals surface area (Å²) < 4.78 is 0. The third-order valence-corrected chi connectivity index (χ3v) is 4.20. The van der Waals surface area contributed by atoms with Crippen molar-refractivity contribution in [2.24, 2.45) is 5.92 Å². The summed E-state index contributed by atoms with van der Waals surface area (Å²) in [4.78, 5) is 25.2. The van der Waals surface area contributed by atoms with Gasteiger partial charge >= 0.3 is 5.97 Å². The van der Waals surface area contributed by atoms with Gasteiger partial charge in [0.15, 0.2) is 0 Å². The Bertz CT molecular complexity index is 544. The van der Waals surface area contributed by atoms with E-state index in [4.69, 9.17) is 5.11 Å². The highest BCUT2D eigenvalue weighted by Gasteiger charge is 2.32. The Morgan fingerprint density at radius 3 is 2.75 bits per heavy atom. The van der Waals surface area contributed by atoms with Crippen LogP contribution in [0.15, 0.2) is 18.2 Å². The van der Waals surface area contributed by atoms with Crippen LogP contribution in [0.2, 0.25) is 0 Å². The van der Waals surface area contributed by atoms with E-state index in [1.54, 1.807) is 4.90 Å². The van der Waals surface area contributed by atoms with Gasteiger partial charge in [-0.25, -0.2) is 0 Å². The lowest BCUT2D eigenvalue weighted by Crippen LogP contribution is -2.30. The van der Waals surface area contributed by atoms with Crippen molar-refractivity contribution >= 4 is 24.3 Å². The quantitative estimate of drug-likeness (QED) is 0.909. The Labute approximate surface area is 124 Å². The highest BCUT2D eigenvalue weighted by atomic mass is 35.5. The van der Waals surface area contributed by atoms with Crippen molar-refractivity contribution in [2.45, 2.75) is 25.7 Å². The lowest BCUT2D eigenvalue weighted by atomic mass is 10.0. The molecular formula is C15H18ClNO3. The summed E-state index contributed by atoms with van der Waals surface area (Å²) >= 11 is 0. The lowest BCUT2D eigenvalue weighted by Gasteiger charge is -2.18. The van der Waals surface area contributed by atoms with Crippen LogP contribution >= 0.6 is 12.4 Å². The van der Waals surface area contributed by atoms with Crippen LogP contribution in [0, 0.1) is 5.92 Å². The van der Waals surface area contributed by atoms with Crippen LogP contribution in [0.4, 0.5) is 0 Å². The Hall–Kier alpha value is -1.55. The third kappa shape index (κ3) is 2.52. The first kappa shape index (κ1) is 14.9. The number of rotatable bonds is 2. The van der Waals surface area contributed by atoms with Gasteiger partial charge in [0.05, 0.1) is 5.92 Å². The average molecular weight is 296 g/mol. The van der Waals surface area contributed by atoms with Crippen molar-refractivity contribution in [2.75, 3.05) is 13.1 Å². The van der Waals surface area contributed by atoms with E-state index >= 15 is 0 Å². The van der Waals surface area contributed by atoms with Crippen molar-refractivity contribution in [1.29, 1.82) is 0 Å². The second-order valence-corrected chi connectivity index (χ2v) is 5.37. The molecule has 2 aliphatic rings.